The summed E-state index contributed by atoms with van der Waals surface area (Å²) in [6.07, 6.45) is -3.24. The Hall–Kier alpha value is -2.53. The Morgan fingerprint density at radius 2 is 1.91 bits per heavy atom. The molecule has 1 aromatic heterocycles. The van der Waals surface area contributed by atoms with Crippen molar-refractivity contribution in [1.82, 2.24) is 10.3 Å². The highest BCUT2D eigenvalue weighted by Gasteiger charge is 2.42. The van der Waals surface area contributed by atoms with Crippen molar-refractivity contribution in [1.29, 1.82) is 5.26 Å². The molecule has 0 bridgehead atoms. The Labute approximate surface area is 197 Å². The zero-order chi connectivity index (χ0) is 24.4. The summed E-state index contributed by atoms with van der Waals surface area (Å²) >= 11 is 0.881. The molecule has 1 aromatic carbocycles. The Bertz CT molecular complexity index is 1070. The molecule has 0 spiro atoms. The average Bonchev–Trinajstić information content (AvgIpc) is 2.74. The molecule has 33 heavy (non-hydrogen) atoms. The van der Waals surface area contributed by atoms with Gasteiger partial charge in [-0.25, -0.2) is 4.98 Å². The fourth-order valence-electron chi connectivity index (χ4n) is 4.09. The number of thioether (sulfide) groups is 1. The highest BCUT2D eigenvalue weighted by Crippen LogP contribution is 2.44. The van der Waals surface area contributed by atoms with Crippen LogP contribution < -0.4 is 5.32 Å². The van der Waals surface area contributed by atoms with Gasteiger partial charge in [0.25, 0.3) is 0 Å². The molecule has 0 saturated carbocycles. The number of rotatable bonds is 5. The predicted molar refractivity (Wildman–Crippen MR) is 123 cm³/mol. The van der Waals surface area contributed by atoms with Gasteiger partial charge in [-0.15, -0.1) is 0 Å². The van der Waals surface area contributed by atoms with E-state index in [0.717, 1.165) is 29.3 Å². The number of benzene rings is 1. The molecule has 1 aliphatic carbocycles. The molecule has 0 radical (unpaired) electrons. The van der Waals surface area contributed by atoms with Gasteiger partial charge in [-0.3, -0.25) is 4.79 Å². The van der Waals surface area contributed by atoms with Gasteiger partial charge in [0, 0.05) is 12.2 Å². The van der Waals surface area contributed by atoms with Crippen molar-refractivity contribution < 1.29 is 18.0 Å². The number of carbonyl (C=O) groups excluding carboxylic acids is 1. The van der Waals surface area contributed by atoms with Gasteiger partial charge >= 0.3 is 6.18 Å². The molecular weight excluding hydrogens is 447 g/mol. The summed E-state index contributed by atoms with van der Waals surface area (Å²) in [5, 5.41) is 12.4. The molecule has 0 fully saturated rings. The number of nitrogens with one attached hydrogen (secondary N) is 1. The smallest absolute Gasteiger partial charge is 0.351 e. The van der Waals surface area contributed by atoms with Crippen LogP contribution in [0.3, 0.4) is 0 Å². The number of hydrogen-bond acceptors (Lipinski definition) is 4. The van der Waals surface area contributed by atoms with Gasteiger partial charge in [0.15, 0.2) is 0 Å². The lowest BCUT2D eigenvalue weighted by Crippen LogP contribution is -2.30. The summed E-state index contributed by atoms with van der Waals surface area (Å²) in [6.45, 7) is 8.36. The summed E-state index contributed by atoms with van der Waals surface area (Å²) in [4.78, 5) is 16.8. The Morgan fingerprint density at radius 3 is 2.48 bits per heavy atom. The molecule has 0 aliphatic heterocycles. The molecule has 1 aliphatic rings. The van der Waals surface area contributed by atoms with Crippen LogP contribution in [0.15, 0.2) is 29.3 Å². The Balaban J connectivity index is 1.82. The molecular formula is C25H28F3N3OS. The fourth-order valence-corrected chi connectivity index (χ4v) is 4.92. The minimum atomic E-state index is -4.67. The van der Waals surface area contributed by atoms with Crippen LogP contribution >= 0.6 is 11.8 Å². The monoisotopic (exact) mass is 475 g/mol. The number of hydrogen-bond donors (Lipinski definition) is 1. The summed E-state index contributed by atoms with van der Waals surface area (Å²) in [5.74, 6) is -0.371. The van der Waals surface area contributed by atoms with Gasteiger partial charge in [-0.05, 0) is 48.6 Å². The lowest BCUT2D eigenvalue weighted by atomic mass is 9.70. The number of halogens is 3. The number of alkyl halides is 3. The Morgan fingerprint density at radius 1 is 1.24 bits per heavy atom. The van der Waals surface area contributed by atoms with Crippen LogP contribution in [0.1, 0.15) is 60.7 Å². The second kappa shape index (κ2) is 9.76. The van der Waals surface area contributed by atoms with Gasteiger partial charge in [-0.1, -0.05) is 62.4 Å². The number of pyridine rings is 1. The van der Waals surface area contributed by atoms with Gasteiger partial charge in [0.05, 0.1) is 16.9 Å². The maximum absolute atomic E-state index is 14.1. The first-order valence-corrected chi connectivity index (χ1v) is 11.9. The Kier molecular flexibility index (Phi) is 7.42. The summed E-state index contributed by atoms with van der Waals surface area (Å²) in [7, 11) is 0. The minimum Gasteiger partial charge on any atom is -0.351 e. The lowest BCUT2D eigenvalue weighted by Gasteiger charge is -2.36. The van der Waals surface area contributed by atoms with Crippen LogP contribution in [-0.4, -0.2) is 16.6 Å². The number of nitriles is 1. The first-order chi connectivity index (χ1) is 15.4. The SMILES string of the molecule is Cc1ccc(CNC(=O)CSc2nc3c(c(C(F)(F)F)c2C#N)C[C@H](C(C)(C)C)CC3)cc1. The molecule has 1 atom stereocenters. The van der Waals surface area contributed by atoms with Crippen molar-refractivity contribution in [2.75, 3.05) is 5.75 Å². The van der Waals surface area contributed by atoms with Gasteiger partial charge in [-0.2, -0.15) is 18.4 Å². The first-order valence-electron chi connectivity index (χ1n) is 10.9. The molecule has 4 nitrogen and oxygen atoms in total. The molecule has 1 heterocycles. The molecule has 0 saturated heterocycles. The summed E-state index contributed by atoms with van der Waals surface area (Å²) < 4.78 is 42.3. The minimum absolute atomic E-state index is 0.0248. The van der Waals surface area contributed by atoms with Crippen LogP contribution in [0.4, 0.5) is 13.2 Å². The van der Waals surface area contributed by atoms with E-state index in [1.165, 1.54) is 0 Å². The maximum atomic E-state index is 14.1. The second-order valence-electron chi connectivity index (χ2n) is 9.56. The standard InChI is InChI=1S/C25H28F3N3OS/c1-15-5-7-16(8-6-15)13-30-21(32)14-33-23-19(12-29)22(25(26,27)28)18-11-17(24(2,3)4)9-10-20(18)31-23/h5-8,17H,9-11,13-14H2,1-4H3,(H,30,32)/t17-/m1/s1. The van der Waals surface area contributed by atoms with E-state index >= 15 is 0 Å². The van der Waals surface area contributed by atoms with Crippen LogP contribution in [0, 0.1) is 29.6 Å². The average molecular weight is 476 g/mol. The van der Waals surface area contributed by atoms with E-state index in [4.69, 9.17) is 0 Å². The molecule has 1 amide bonds. The van der Waals surface area contributed by atoms with Gasteiger partial charge in [0.1, 0.15) is 11.1 Å². The predicted octanol–water partition coefficient (Wildman–Crippen LogP) is 5.84. The van der Waals surface area contributed by atoms with E-state index in [9.17, 15) is 23.2 Å². The van der Waals surface area contributed by atoms with E-state index in [-0.39, 0.29) is 40.0 Å². The van der Waals surface area contributed by atoms with E-state index in [1.54, 1.807) is 6.07 Å². The largest absolute Gasteiger partial charge is 0.418 e. The number of aryl methyl sites for hydroxylation is 2. The number of nitrogens with zero attached hydrogens (tertiary/aromatic N) is 2. The van der Waals surface area contributed by atoms with Crippen molar-refractivity contribution in [3.8, 4) is 6.07 Å². The maximum Gasteiger partial charge on any atom is 0.418 e. The van der Waals surface area contributed by atoms with E-state index in [0.29, 0.717) is 18.7 Å². The molecule has 3 rings (SSSR count). The zero-order valence-electron chi connectivity index (χ0n) is 19.3. The topological polar surface area (TPSA) is 65.8 Å². The number of aromatic nitrogens is 1. The zero-order valence-corrected chi connectivity index (χ0v) is 20.1. The highest BCUT2D eigenvalue weighted by atomic mass is 32.2. The molecule has 8 heteroatoms. The third-order valence-corrected chi connectivity index (χ3v) is 7.08. The molecule has 0 unspecified atom stereocenters. The van der Waals surface area contributed by atoms with E-state index in [2.05, 4.69) is 10.3 Å². The van der Waals surface area contributed by atoms with E-state index < -0.39 is 17.3 Å². The van der Waals surface area contributed by atoms with E-state index in [1.807, 2.05) is 52.0 Å². The highest BCUT2D eigenvalue weighted by molar-refractivity contribution is 8.00. The second-order valence-corrected chi connectivity index (χ2v) is 10.5. The number of carbonyl (C=O) groups is 1. The van der Waals surface area contributed by atoms with Crippen LogP contribution in [0.2, 0.25) is 0 Å². The van der Waals surface area contributed by atoms with Crippen molar-refractivity contribution >= 4 is 17.7 Å². The number of fused-ring (bicyclic) bond motifs is 1. The van der Waals surface area contributed by atoms with Crippen LogP contribution in [-0.2, 0) is 30.4 Å². The molecule has 2 aromatic rings. The lowest BCUT2D eigenvalue weighted by molar-refractivity contribution is -0.139. The normalized spacial score (nSPS) is 16.1. The quantitative estimate of drug-likeness (QED) is 0.552. The third-order valence-electron chi connectivity index (χ3n) is 6.10. The van der Waals surface area contributed by atoms with Crippen molar-refractivity contribution in [2.24, 2.45) is 11.3 Å². The van der Waals surface area contributed by atoms with Crippen LogP contribution in [0.5, 0.6) is 0 Å². The van der Waals surface area contributed by atoms with Crippen LogP contribution in [0.25, 0.3) is 0 Å². The van der Waals surface area contributed by atoms with Gasteiger partial charge < -0.3 is 5.32 Å². The van der Waals surface area contributed by atoms with Crippen molar-refractivity contribution in [3.63, 3.8) is 0 Å². The van der Waals surface area contributed by atoms with Crippen molar-refractivity contribution in [2.45, 2.75) is 64.7 Å². The fraction of sp³-hybridized carbons (Fsp3) is 0.480. The summed E-state index contributed by atoms with van der Waals surface area (Å²) in [5.41, 5.74) is 1.06. The summed E-state index contributed by atoms with van der Waals surface area (Å²) in [6, 6.07) is 9.42. The van der Waals surface area contributed by atoms with Crippen molar-refractivity contribution in [3.05, 3.63) is 57.8 Å². The van der Waals surface area contributed by atoms with Gasteiger partial charge in [0.2, 0.25) is 5.91 Å². The molecule has 1 N–H and O–H groups in total. The first kappa shape index (κ1) is 25.1. The third kappa shape index (κ3) is 6.08. The molecule has 176 valence electrons. The number of amides is 1.